The van der Waals surface area contributed by atoms with E-state index in [9.17, 15) is 4.79 Å². The zero-order valence-corrected chi connectivity index (χ0v) is 16.7. The molecule has 0 saturated carbocycles. The third kappa shape index (κ3) is 3.31. The van der Waals surface area contributed by atoms with Crippen molar-refractivity contribution in [2.45, 2.75) is 39.2 Å². The standard InChI is InChI=1S/C20H29N5O2/c1-19(2,3)27-18(26)25-10-8-20(13-25)7-9-24(12-20)14-5-6-15-16(11-14)23(4)22-17(15)21/h5-6,11H,7-10,12-13H2,1-4H3,(H2,21,22). The predicted molar refractivity (Wildman–Crippen MR) is 107 cm³/mol. The number of nitrogens with zero attached hydrogens (tertiary/aromatic N) is 4. The molecule has 1 atom stereocenters. The maximum atomic E-state index is 12.4. The second-order valence-corrected chi connectivity index (χ2v) is 9.03. The number of aryl methyl sites for hydroxylation is 1. The Morgan fingerprint density at radius 2 is 1.96 bits per heavy atom. The molecule has 146 valence electrons. The van der Waals surface area contributed by atoms with Gasteiger partial charge in [-0.25, -0.2) is 4.79 Å². The van der Waals surface area contributed by atoms with Crippen molar-refractivity contribution >= 4 is 28.5 Å². The Labute approximate surface area is 160 Å². The largest absolute Gasteiger partial charge is 0.444 e. The first-order valence-corrected chi connectivity index (χ1v) is 9.61. The first kappa shape index (κ1) is 17.9. The summed E-state index contributed by atoms with van der Waals surface area (Å²) in [6.45, 7) is 9.26. The molecule has 2 saturated heterocycles. The van der Waals surface area contributed by atoms with Gasteiger partial charge in [0, 0.05) is 49.7 Å². The fourth-order valence-corrected chi connectivity index (χ4v) is 4.38. The van der Waals surface area contributed by atoms with Crippen molar-refractivity contribution in [1.29, 1.82) is 0 Å². The van der Waals surface area contributed by atoms with Crippen LogP contribution in [0.25, 0.3) is 10.9 Å². The Morgan fingerprint density at radius 3 is 2.70 bits per heavy atom. The highest BCUT2D eigenvalue weighted by atomic mass is 16.6. The predicted octanol–water partition coefficient (Wildman–Crippen LogP) is 2.99. The highest BCUT2D eigenvalue weighted by molar-refractivity contribution is 5.91. The fraction of sp³-hybridized carbons (Fsp3) is 0.600. The number of fused-ring (bicyclic) bond motifs is 1. The molecule has 2 aromatic rings. The van der Waals surface area contributed by atoms with Crippen molar-refractivity contribution in [3.8, 4) is 0 Å². The molecule has 7 nitrogen and oxygen atoms in total. The van der Waals surface area contributed by atoms with Gasteiger partial charge in [-0.05, 0) is 51.8 Å². The van der Waals surface area contributed by atoms with E-state index in [4.69, 9.17) is 10.5 Å². The molecular formula is C20H29N5O2. The zero-order valence-electron chi connectivity index (χ0n) is 16.7. The van der Waals surface area contributed by atoms with Crippen LogP contribution in [0, 0.1) is 5.41 Å². The van der Waals surface area contributed by atoms with Crippen LogP contribution in [0.5, 0.6) is 0 Å². The summed E-state index contributed by atoms with van der Waals surface area (Å²) >= 11 is 0. The summed E-state index contributed by atoms with van der Waals surface area (Å²) in [4.78, 5) is 16.7. The third-order valence-electron chi connectivity index (χ3n) is 5.76. The van der Waals surface area contributed by atoms with Gasteiger partial charge < -0.3 is 20.3 Å². The summed E-state index contributed by atoms with van der Waals surface area (Å²) in [7, 11) is 1.92. The molecule has 3 heterocycles. The molecule has 0 radical (unpaired) electrons. The van der Waals surface area contributed by atoms with Crippen LogP contribution in [0.4, 0.5) is 16.3 Å². The van der Waals surface area contributed by atoms with Gasteiger partial charge in [-0.1, -0.05) is 0 Å². The zero-order chi connectivity index (χ0) is 19.4. The number of nitrogens with two attached hydrogens (primary N) is 1. The minimum atomic E-state index is -0.449. The van der Waals surface area contributed by atoms with Crippen LogP contribution in [0.1, 0.15) is 33.6 Å². The number of rotatable bonds is 1. The Hall–Kier alpha value is -2.44. The summed E-state index contributed by atoms with van der Waals surface area (Å²) in [6, 6.07) is 6.35. The summed E-state index contributed by atoms with van der Waals surface area (Å²) in [6.07, 6.45) is 1.94. The Morgan fingerprint density at radius 1 is 1.22 bits per heavy atom. The maximum Gasteiger partial charge on any atom is 0.410 e. The molecule has 1 spiro atoms. The number of carbonyl (C=O) groups excluding carboxylic acids is 1. The Kier molecular flexibility index (Phi) is 4.01. The minimum absolute atomic E-state index is 0.164. The van der Waals surface area contributed by atoms with Crippen LogP contribution in [0.15, 0.2) is 18.2 Å². The van der Waals surface area contributed by atoms with Crippen LogP contribution >= 0.6 is 0 Å². The molecule has 1 aromatic carbocycles. The van der Waals surface area contributed by atoms with Gasteiger partial charge in [-0.2, -0.15) is 5.10 Å². The van der Waals surface area contributed by atoms with Crippen molar-refractivity contribution in [3.05, 3.63) is 18.2 Å². The number of benzene rings is 1. The number of hydrogen-bond acceptors (Lipinski definition) is 5. The second-order valence-electron chi connectivity index (χ2n) is 9.03. The van der Waals surface area contributed by atoms with E-state index < -0.39 is 5.60 Å². The van der Waals surface area contributed by atoms with Gasteiger partial charge in [0.2, 0.25) is 0 Å². The summed E-state index contributed by atoms with van der Waals surface area (Å²) < 4.78 is 7.38. The lowest BCUT2D eigenvalue weighted by Gasteiger charge is -2.27. The molecule has 2 aliphatic heterocycles. The lowest BCUT2D eigenvalue weighted by molar-refractivity contribution is 0.0276. The fourth-order valence-electron chi connectivity index (χ4n) is 4.38. The Balaban J connectivity index is 1.47. The average molecular weight is 371 g/mol. The molecule has 0 bridgehead atoms. The molecule has 27 heavy (non-hydrogen) atoms. The normalized spacial score (nSPS) is 23.0. The highest BCUT2D eigenvalue weighted by Crippen LogP contribution is 2.42. The van der Waals surface area contributed by atoms with E-state index in [0.29, 0.717) is 5.82 Å². The second kappa shape index (κ2) is 6.04. The van der Waals surface area contributed by atoms with Crippen molar-refractivity contribution in [1.82, 2.24) is 14.7 Å². The quantitative estimate of drug-likeness (QED) is 0.834. The number of ether oxygens (including phenoxy) is 1. The number of hydrogen-bond donors (Lipinski definition) is 1. The number of aromatic nitrogens is 2. The average Bonchev–Trinajstić information content (AvgIpc) is 3.26. The molecular weight excluding hydrogens is 342 g/mol. The molecule has 0 aliphatic carbocycles. The first-order chi connectivity index (χ1) is 12.7. The smallest absolute Gasteiger partial charge is 0.410 e. The van der Waals surface area contributed by atoms with E-state index in [1.807, 2.05) is 37.4 Å². The van der Waals surface area contributed by atoms with E-state index in [1.165, 1.54) is 5.69 Å². The lowest BCUT2D eigenvalue weighted by atomic mass is 9.86. The lowest BCUT2D eigenvalue weighted by Crippen LogP contribution is -2.37. The molecule has 1 amide bonds. The number of carbonyl (C=O) groups is 1. The molecule has 1 unspecified atom stereocenters. The Bertz CT molecular complexity index is 884. The van der Waals surface area contributed by atoms with Crippen LogP contribution in [0.2, 0.25) is 0 Å². The van der Waals surface area contributed by atoms with Gasteiger partial charge in [0.15, 0.2) is 5.82 Å². The van der Waals surface area contributed by atoms with E-state index in [2.05, 4.69) is 28.2 Å². The number of nitrogen functional groups attached to an aromatic ring is 1. The van der Waals surface area contributed by atoms with Crippen LogP contribution in [-0.2, 0) is 11.8 Å². The first-order valence-electron chi connectivity index (χ1n) is 9.61. The molecule has 7 heteroatoms. The van der Waals surface area contributed by atoms with Gasteiger partial charge in [-0.15, -0.1) is 0 Å². The molecule has 2 fully saturated rings. The van der Waals surface area contributed by atoms with E-state index in [0.717, 1.165) is 49.9 Å². The maximum absolute atomic E-state index is 12.4. The van der Waals surface area contributed by atoms with Crippen molar-refractivity contribution < 1.29 is 9.53 Å². The number of likely N-dealkylation sites (tertiary alicyclic amines) is 1. The van der Waals surface area contributed by atoms with Gasteiger partial charge in [0.05, 0.1) is 5.52 Å². The molecule has 2 N–H and O–H groups in total. The molecule has 2 aliphatic rings. The number of anilines is 2. The monoisotopic (exact) mass is 371 g/mol. The van der Waals surface area contributed by atoms with Gasteiger partial charge in [0.1, 0.15) is 5.60 Å². The molecule has 1 aromatic heterocycles. The van der Waals surface area contributed by atoms with Crippen LogP contribution < -0.4 is 10.6 Å². The van der Waals surface area contributed by atoms with Crippen LogP contribution in [0.3, 0.4) is 0 Å². The van der Waals surface area contributed by atoms with Crippen molar-refractivity contribution in [3.63, 3.8) is 0 Å². The van der Waals surface area contributed by atoms with E-state index in [-0.39, 0.29) is 11.5 Å². The topological polar surface area (TPSA) is 76.6 Å². The van der Waals surface area contributed by atoms with Gasteiger partial charge >= 0.3 is 6.09 Å². The summed E-state index contributed by atoms with van der Waals surface area (Å²) in [5, 5.41) is 5.30. The van der Waals surface area contributed by atoms with Crippen LogP contribution in [-0.4, -0.2) is 52.6 Å². The number of amides is 1. The molecule has 4 rings (SSSR count). The van der Waals surface area contributed by atoms with Gasteiger partial charge in [0.25, 0.3) is 0 Å². The third-order valence-corrected chi connectivity index (χ3v) is 5.76. The SMILES string of the molecule is Cn1nc(N)c2ccc(N3CCC4(CCN(C(=O)OC(C)(C)C)C4)C3)cc21. The van der Waals surface area contributed by atoms with E-state index >= 15 is 0 Å². The van der Waals surface area contributed by atoms with E-state index in [1.54, 1.807) is 0 Å². The van der Waals surface area contributed by atoms with Gasteiger partial charge in [-0.3, -0.25) is 4.68 Å². The highest BCUT2D eigenvalue weighted by Gasteiger charge is 2.45. The van der Waals surface area contributed by atoms with Crippen molar-refractivity contribution in [2.24, 2.45) is 12.5 Å². The summed E-state index contributed by atoms with van der Waals surface area (Å²) in [5.41, 5.74) is 7.92. The summed E-state index contributed by atoms with van der Waals surface area (Å²) in [5.74, 6) is 0.570. The van der Waals surface area contributed by atoms with Crippen molar-refractivity contribution in [2.75, 3.05) is 36.8 Å². The minimum Gasteiger partial charge on any atom is -0.444 e.